The zero-order chi connectivity index (χ0) is 21.5. The minimum absolute atomic E-state index is 0.0215. The average Bonchev–Trinajstić information content (AvgIpc) is 3.17. The van der Waals surface area contributed by atoms with E-state index in [1.807, 2.05) is 48.5 Å². The summed E-state index contributed by atoms with van der Waals surface area (Å²) in [6, 6.07) is 14.1. The number of aliphatic carboxylic acids is 1. The number of carbonyl (C=O) groups is 3. The zero-order valence-corrected chi connectivity index (χ0v) is 16.5. The molecule has 0 bridgehead atoms. The number of nitrogens with one attached hydrogen (secondary N) is 1. The molecule has 0 radical (unpaired) electrons. The molecule has 2 atom stereocenters. The van der Waals surface area contributed by atoms with Crippen LogP contribution in [0, 0.1) is 0 Å². The van der Waals surface area contributed by atoms with Gasteiger partial charge in [-0.25, -0.2) is 14.4 Å². The molecule has 30 heavy (non-hydrogen) atoms. The molecule has 1 fully saturated rings. The Hall–Kier alpha value is -3.39. The number of rotatable bonds is 5. The molecule has 1 saturated heterocycles. The third-order valence-electron chi connectivity index (χ3n) is 5.18. The Balaban J connectivity index is 1.46. The summed E-state index contributed by atoms with van der Waals surface area (Å²) in [6.07, 6.45) is -2.41. The zero-order valence-electron chi connectivity index (χ0n) is 16.5. The van der Waals surface area contributed by atoms with Crippen molar-refractivity contribution in [2.24, 2.45) is 0 Å². The van der Waals surface area contributed by atoms with E-state index in [-0.39, 0.29) is 12.5 Å². The van der Waals surface area contributed by atoms with Crippen molar-refractivity contribution in [2.75, 3.05) is 6.61 Å². The Morgan fingerprint density at radius 2 is 1.67 bits per heavy atom. The van der Waals surface area contributed by atoms with Crippen molar-refractivity contribution in [3.8, 4) is 11.1 Å². The maximum atomic E-state index is 12.4. The molecule has 0 saturated carbocycles. The fourth-order valence-electron chi connectivity index (χ4n) is 3.92. The molecule has 0 spiro atoms. The number of fused-ring (bicyclic) bond motifs is 3. The first-order valence-electron chi connectivity index (χ1n) is 9.52. The van der Waals surface area contributed by atoms with Crippen LogP contribution < -0.4 is 5.32 Å². The lowest BCUT2D eigenvalue weighted by Crippen LogP contribution is -2.51. The molecule has 2 aliphatic rings. The quantitative estimate of drug-likeness (QED) is 0.728. The molecule has 2 N–H and O–H groups in total. The van der Waals surface area contributed by atoms with Crippen molar-refractivity contribution in [3.05, 3.63) is 59.7 Å². The SMILES string of the molecule is CC1(C)OC(=O)[C@@H]([C@H](NC(=O)OCC2c3ccccc3-c3ccccc32)C(=O)O)O1. The lowest BCUT2D eigenvalue weighted by atomic mass is 9.98. The van der Waals surface area contributed by atoms with Gasteiger partial charge in [-0.15, -0.1) is 0 Å². The summed E-state index contributed by atoms with van der Waals surface area (Å²) in [5, 5.41) is 11.7. The van der Waals surface area contributed by atoms with E-state index >= 15 is 0 Å². The Kier molecular flexibility index (Phi) is 4.95. The summed E-state index contributed by atoms with van der Waals surface area (Å²) >= 11 is 0. The van der Waals surface area contributed by atoms with Crippen LogP contribution in [0.4, 0.5) is 4.79 Å². The van der Waals surface area contributed by atoms with Gasteiger partial charge in [0, 0.05) is 19.8 Å². The minimum atomic E-state index is -1.63. The number of esters is 1. The van der Waals surface area contributed by atoms with Crippen LogP contribution >= 0.6 is 0 Å². The van der Waals surface area contributed by atoms with Crippen LogP contribution in [0.3, 0.4) is 0 Å². The van der Waals surface area contributed by atoms with Crippen molar-refractivity contribution in [2.45, 2.75) is 37.7 Å². The van der Waals surface area contributed by atoms with Crippen molar-refractivity contribution < 1.29 is 33.7 Å². The van der Waals surface area contributed by atoms with E-state index in [9.17, 15) is 19.5 Å². The van der Waals surface area contributed by atoms with Crippen LogP contribution in [0.25, 0.3) is 11.1 Å². The summed E-state index contributed by atoms with van der Waals surface area (Å²) in [4.78, 5) is 35.9. The standard InChI is InChI=1S/C22H21NO7/c1-22(2)29-18(20(26)30-22)17(19(24)25)23-21(27)28-11-16-14-9-5-3-7-12(14)13-8-4-6-10-15(13)16/h3-10,16-18H,11H2,1-2H3,(H,23,27)(H,24,25)/t17-,18+/m0/s1. The van der Waals surface area contributed by atoms with Gasteiger partial charge in [0.15, 0.2) is 12.1 Å². The van der Waals surface area contributed by atoms with Crippen LogP contribution in [0.5, 0.6) is 0 Å². The van der Waals surface area contributed by atoms with E-state index in [2.05, 4.69) is 5.32 Å². The normalized spacial score (nSPS) is 20.1. The van der Waals surface area contributed by atoms with Gasteiger partial charge in [0.2, 0.25) is 5.79 Å². The third kappa shape index (κ3) is 3.61. The van der Waals surface area contributed by atoms with Crippen LogP contribution in [-0.4, -0.2) is 47.7 Å². The molecular weight excluding hydrogens is 390 g/mol. The first-order valence-corrected chi connectivity index (χ1v) is 9.52. The number of hydrogen-bond donors (Lipinski definition) is 2. The number of carboxylic acids is 1. The Morgan fingerprint density at radius 1 is 1.10 bits per heavy atom. The number of amides is 1. The van der Waals surface area contributed by atoms with Gasteiger partial charge in [0.25, 0.3) is 0 Å². The van der Waals surface area contributed by atoms with Crippen molar-refractivity contribution in [1.29, 1.82) is 0 Å². The Morgan fingerprint density at radius 3 is 2.17 bits per heavy atom. The minimum Gasteiger partial charge on any atom is -0.480 e. The van der Waals surface area contributed by atoms with Gasteiger partial charge in [-0.05, 0) is 22.3 Å². The lowest BCUT2D eigenvalue weighted by molar-refractivity contribution is -0.162. The number of carbonyl (C=O) groups excluding carboxylic acids is 2. The molecule has 8 nitrogen and oxygen atoms in total. The number of carboxylic acid groups (broad SMARTS) is 1. The summed E-state index contributed by atoms with van der Waals surface area (Å²) in [5.74, 6) is -3.72. The first-order chi connectivity index (χ1) is 14.3. The predicted molar refractivity (Wildman–Crippen MR) is 105 cm³/mol. The molecule has 1 aliphatic heterocycles. The van der Waals surface area contributed by atoms with Crippen LogP contribution in [-0.2, 0) is 23.8 Å². The Labute approximate surface area is 172 Å². The van der Waals surface area contributed by atoms with Gasteiger partial charge < -0.3 is 24.6 Å². The number of alkyl carbamates (subject to hydrolysis) is 1. The van der Waals surface area contributed by atoms with E-state index in [0.717, 1.165) is 22.3 Å². The largest absolute Gasteiger partial charge is 0.480 e. The number of cyclic esters (lactones) is 1. The maximum absolute atomic E-state index is 12.4. The third-order valence-corrected chi connectivity index (χ3v) is 5.18. The molecule has 1 heterocycles. The maximum Gasteiger partial charge on any atom is 0.407 e. The second-order valence-corrected chi connectivity index (χ2v) is 7.65. The highest BCUT2D eigenvalue weighted by molar-refractivity contribution is 5.89. The molecule has 4 rings (SSSR count). The summed E-state index contributed by atoms with van der Waals surface area (Å²) in [5.41, 5.74) is 4.22. The van der Waals surface area contributed by atoms with E-state index in [1.54, 1.807) is 0 Å². The highest BCUT2D eigenvalue weighted by Crippen LogP contribution is 2.44. The highest BCUT2D eigenvalue weighted by Gasteiger charge is 2.48. The molecule has 1 amide bonds. The topological polar surface area (TPSA) is 111 Å². The highest BCUT2D eigenvalue weighted by atomic mass is 16.8. The van der Waals surface area contributed by atoms with E-state index < -0.39 is 36.0 Å². The molecule has 2 aromatic rings. The number of ether oxygens (including phenoxy) is 3. The smallest absolute Gasteiger partial charge is 0.407 e. The monoisotopic (exact) mass is 411 g/mol. The average molecular weight is 411 g/mol. The molecule has 0 unspecified atom stereocenters. The number of hydrogen-bond acceptors (Lipinski definition) is 6. The molecule has 0 aromatic heterocycles. The Bertz CT molecular complexity index is 971. The fraction of sp³-hybridized carbons (Fsp3) is 0.318. The van der Waals surface area contributed by atoms with Crippen molar-refractivity contribution >= 4 is 18.0 Å². The molecule has 156 valence electrons. The predicted octanol–water partition coefficient (Wildman–Crippen LogP) is 2.66. The molecule has 2 aromatic carbocycles. The second-order valence-electron chi connectivity index (χ2n) is 7.65. The fourth-order valence-corrected chi connectivity index (χ4v) is 3.92. The van der Waals surface area contributed by atoms with Gasteiger partial charge in [0.05, 0.1) is 0 Å². The van der Waals surface area contributed by atoms with Gasteiger partial charge in [0.1, 0.15) is 6.61 Å². The summed E-state index contributed by atoms with van der Waals surface area (Å²) in [7, 11) is 0. The van der Waals surface area contributed by atoms with Gasteiger partial charge in [-0.3, -0.25) is 0 Å². The van der Waals surface area contributed by atoms with Crippen molar-refractivity contribution in [3.63, 3.8) is 0 Å². The van der Waals surface area contributed by atoms with Crippen molar-refractivity contribution in [1.82, 2.24) is 5.32 Å². The van der Waals surface area contributed by atoms with E-state index in [4.69, 9.17) is 14.2 Å². The lowest BCUT2D eigenvalue weighted by Gasteiger charge is -2.20. The van der Waals surface area contributed by atoms with Crippen LogP contribution in [0.15, 0.2) is 48.5 Å². The van der Waals surface area contributed by atoms with Gasteiger partial charge >= 0.3 is 18.0 Å². The van der Waals surface area contributed by atoms with Gasteiger partial charge in [-0.2, -0.15) is 0 Å². The second kappa shape index (κ2) is 7.46. The summed E-state index contributed by atoms with van der Waals surface area (Å²) in [6.45, 7) is 2.99. The molecule has 1 aliphatic carbocycles. The van der Waals surface area contributed by atoms with E-state index in [1.165, 1.54) is 13.8 Å². The first kappa shape index (κ1) is 19.9. The number of benzene rings is 2. The molecular formula is C22H21NO7. The van der Waals surface area contributed by atoms with Gasteiger partial charge in [-0.1, -0.05) is 48.5 Å². The van der Waals surface area contributed by atoms with E-state index in [0.29, 0.717) is 0 Å². The summed E-state index contributed by atoms with van der Waals surface area (Å²) < 4.78 is 15.7. The van der Waals surface area contributed by atoms with Crippen LogP contribution in [0.2, 0.25) is 0 Å². The van der Waals surface area contributed by atoms with Crippen LogP contribution in [0.1, 0.15) is 30.9 Å². The molecule has 8 heteroatoms.